The maximum atomic E-state index is 5.19. The summed E-state index contributed by atoms with van der Waals surface area (Å²) in [6.07, 6.45) is 8.10. The molecule has 0 aliphatic carbocycles. The molecule has 0 aromatic heterocycles. The number of hydrogen-bond acceptors (Lipinski definition) is 0. The summed E-state index contributed by atoms with van der Waals surface area (Å²) in [5, 5.41) is 0. The van der Waals surface area contributed by atoms with Crippen molar-refractivity contribution in [1.82, 2.24) is 0 Å². The molecule has 57 valence electrons. The first-order valence-electron chi connectivity index (χ1n) is 3.45. The topological polar surface area (TPSA) is 0 Å². The van der Waals surface area contributed by atoms with Crippen molar-refractivity contribution in [1.29, 1.82) is 0 Å². The Morgan fingerprint density at radius 3 is 2.20 bits per heavy atom. The van der Waals surface area contributed by atoms with Crippen LogP contribution in [-0.4, -0.2) is 0 Å². The van der Waals surface area contributed by atoms with Crippen LogP contribution in [0.15, 0.2) is 6.08 Å². The van der Waals surface area contributed by atoms with Crippen molar-refractivity contribution in [3.63, 3.8) is 0 Å². The summed E-state index contributed by atoms with van der Waals surface area (Å²) < 4.78 is 0. The Hall–Kier alpha value is 0.843. The molecular weight excluding hydrogens is 241 g/mol. The Morgan fingerprint density at radius 1 is 1.20 bits per heavy atom. The first kappa shape index (κ1) is 17.1. The molecule has 0 N–H and O–H groups in total. The first-order valence-corrected chi connectivity index (χ1v) is 3.45. The van der Waals surface area contributed by atoms with Gasteiger partial charge in [0.05, 0.1) is 0 Å². The van der Waals surface area contributed by atoms with Crippen molar-refractivity contribution in [2.24, 2.45) is 0 Å². The molecule has 2 heteroatoms. The summed E-state index contributed by atoms with van der Waals surface area (Å²) in [5.74, 6) is 0. The zero-order valence-corrected chi connectivity index (χ0v) is 11.3. The third kappa shape index (κ3) is 15.9. The van der Waals surface area contributed by atoms with Gasteiger partial charge in [0.25, 0.3) is 0 Å². The van der Waals surface area contributed by atoms with Gasteiger partial charge in [0.1, 0.15) is 0 Å². The van der Waals surface area contributed by atoms with E-state index in [1.807, 2.05) is 0 Å². The summed E-state index contributed by atoms with van der Waals surface area (Å²) in [5.41, 5.74) is 0. The number of rotatable bonds is 5. The van der Waals surface area contributed by atoms with Crippen molar-refractivity contribution in [3.8, 4) is 0 Å². The summed E-state index contributed by atoms with van der Waals surface area (Å²) in [6.45, 7) is 7.40. The van der Waals surface area contributed by atoms with Crippen LogP contribution in [0.25, 0.3) is 0 Å². The molecule has 0 saturated heterocycles. The van der Waals surface area contributed by atoms with E-state index in [1.54, 1.807) is 6.08 Å². The average molecular weight is 257 g/mol. The van der Waals surface area contributed by atoms with Crippen molar-refractivity contribution >= 4 is 0 Å². The minimum Gasteiger partial charge on any atom is -1.00 e. The minimum atomic E-state index is 0. The van der Waals surface area contributed by atoms with Gasteiger partial charge >= 0.3 is 0 Å². The van der Waals surface area contributed by atoms with Gasteiger partial charge in [0, 0.05) is 19.5 Å². The minimum absolute atomic E-state index is 0. The third-order valence-corrected chi connectivity index (χ3v) is 1.22. The quantitative estimate of drug-likeness (QED) is 0.478. The molecule has 1 radical (unpaired) electrons. The zero-order chi connectivity index (χ0) is 6.24. The maximum Gasteiger partial charge on any atom is 0 e. The number of halogens is 1. The van der Waals surface area contributed by atoms with E-state index in [2.05, 4.69) is 6.92 Å². The van der Waals surface area contributed by atoms with E-state index in [0.29, 0.717) is 0 Å². The molecule has 0 amide bonds. The molecule has 0 fully saturated rings. The molecule has 0 atom stereocenters. The van der Waals surface area contributed by atoms with E-state index < -0.39 is 0 Å². The normalized spacial score (nSPS) is 7.30. The number of allylic oxidation sites excluding steroid dienone is 1. The Morgan fingerprint density at radius 2 is 1.80 bits per heavy atom. The summed E-state index contributed by atoms with van der Waals surface area (Å²) in [4.78, 5) is 0. The SMILES string of the molecule is [Br-].[CH]=CCCCCCC.[Zn]. The predicted molar refractivity (Wildman–Crippen MR) is 37.6 cm³/mol. The van der Waals surface area contributed by atoms with Gasteiger partial charge in [-0.2, -0.15) is 0 Å². The molecule has 0 spiro atoms. The van der Waals surface area contributed by atoms with E-state index >= 15 is 0 Å². The van der Waals surface area contributed by atoms with Crippen molar-refractivity contribution in [2.45, 2.75) is 39.0 Å². The van der Waals surface area contributed by atoms with Gasteiger partial charge in [0.15, 0.2) is 0 Å². The molecule has 10 heavy (non-hydrogen) atoms. The van der Waals surface area contributed by atoms with Gasteiger partial charge < -0.3 is 17.0 Å². The van der Waals surface area contributed by atoms with Crippen LogP contribution in [0.4, 0.5) is 0 Å². The fourth-order valence-corrected chi connectivity index (χ4v) is 0.689. The Bertz CT molecular complexity index is 55.2. The third-order valence-electron chi connectivity index (χ3n) is 1.22. The second kappa shape index (κ2) is 16.4. The molecule has 0 heterocycles. The molecule has 0 saturated carbocycles. The van der Waals surface area contributed by atoms with E-state index in [9.17, 15) is 0 Å². The van der Waals surface area contributed by atoms with Crippen molar-refractivity contribution < 1.29 is 36.5 Å². The zero-order valence-electron chi connectivity index (χ0n) is 6.78. The van der Waals surface area contributed by atoms with Gasteiger partial charge in [-0.05, 0) is 12.8 Å². The van der Waals surface area contributed by atoms with Gasteiger partial charge in [-0.15, -0.1) is 0 Å². The maximum absolute atomic E-state index is 5.19. The van der Waals surface area contributed by atoms with Crippen LogP contribution < -0.4 is 17.0 Å². The smallest absolute Gasteiger partial charge is 0 e. The van der Waals surface area contributed by atoms with Crippen LogP contribution in [0.5, 0.6) is 0 Å². The summed E-state index contributed by atoms with van der Waals surface area (Å²) in [6, 6.07) is 0. The largest absolute Gasteiger partial charge is 1.00 e. The first-order chi connectivity index (χ1) is 3.91. The summed E-state index contributed by atoms with van der Waals surface area (Å²) in [7, 11) is 0. The fraction of sp³-hybridized carbons (Fsp3) is 0.750. The van der Waals surface area contributed by atoms with Gasteiger partial charge in [-0.25, -0.2) is 0 Å². The fourth-order valence-electron chi connectivity index (χ4n) is 0.689. The summed E-state index contributed by atoms with van der Waals surface area (Å²) >= 11 is 0. The van der Waals surface area contributed by atoms with Crippen LogP contribution in [0, 0.1) is 6.58 Å². The van der Waals surface area contributed by atoms with E-state index in [4.69, 9.17) is 6.58 Å². The van der Waals surface area contributed by atoms with E-state index in [0.717, 1.165) is 6.42 Å². The molecule has 0 rings (SSSR count). The van der Waals surface area contributed by atoms with Crippen LogP contribution in [0.1, 0.15) is 39.0 Å². The number of unbranched alkanes of at least 4 members (excludes halogenated alkanes) is 4. The van der Waals surface area contributed by atoms with Crippen molar-refractivity contribution in [2.75, 3.05) is 0 Å². The Balaban J connectivity index is -0.000000245. The molecule has 0 unspecified atom stereocenters. The van der Waals surface area contributed by atoms with Crippen LogP contribution in [0.3, 0.4) is 0 Å². The molecule has 0 nitrogen and oxygen atoms in total. The molecule has 0 aromatic carbocycles. The second-order valence-electron chi connectivity index (χ2n) is 2.09. The van der Waals surface area contributed by atoms with Crippen LogP contribution >= 0.6 is 0 Å². The van der Waals surface area contributed by atoms with Gasteiger partial charge in [-0.3, -0.25) is 0 Å². The van der Waals surface area contributed by atoms with Crippen LogP contribution in [-0.2, 0) is 19.5 Å². The Labute approximate surface area is 88.0 Å². The van der Waals surface area contributed by atoms with E-state index in [1.165, 1.54) is 25.7 Å². The molecule has 0 bridgehead atoms. The van der Waals surface area contributed by atoms with Gasteiger partial charge in [-0.1, -0.05) is 38.8 Å². The average Bonchev–Trinajstić information content (AvgIpc) is 1.81. The number of hydrogen-bond donors (Lipinski definition) is 0. The van der Waals surface area contributed by atoms with Crippen molar-refractivity contribution in [3.05, 3.63) is 12.7 Å². The molecule has 0 aliphatic rings. The van der Waals surface area contributed by atoms with Gasteiger partial charge in [0.2, 0.25) is 0 Å². The molecule has 0 aliphatic heterocycles. The molecular formula is C8H15BrZn-. The monoisotopic (exact) mass is 254 g/mol. The Kier molecular flexibility index (Phi) is 28.1. The standard InChI is InChI=1S/C8H15.BrH.Zn/c1-3-5-7-8-6-4-2;;/h1,3H,4-8H2,2H3;1H;/p-1. The molecule has 0 aromatic rings. The second-order valence-corrected chi connectivity index (χ2v) is 2.09. The van der Waals surface area contributed by atoms with E-state index in [-0.39, 0.29) is 36.5 Å². The predicted octanol–water partition coefficient (Wildman–Crippen LogP) is -0.0525. The van der Waals surface area contributed by atoms with Crippen LogP contribution in [0.2, 0.25) is 0 Å².